The summed E-state index contributed by atoms with van der Waals surface area (Å²) < 4.78 is 7.81. The minimum absolute atomic E-state index is 0.231. The molecular weight excluding hydrogens is 238 g/mol. The second-order valence-corrected chi connectivity index (χ2v) is 5.01. The van der Waals surface area contributed by atoms with Crippen LogP contribution in [0.1, 0.15) is 12.8 Å². The van der Waals surface area contributed by atoms with Crippen molar-refractivity contribution in [1.82, 2.24) is 9.78 Å². The predicted octanol–water partition coefficient (Wildman–Crippen LogP) is 2.06. The lowest BCUT2D eigenvalue weighted by atomic mass is 10.1. The predicted molar refractivity (Wildman–Crippen MR) is 74.6 cm³/mol. The summed E-state index contributed by atoms with van der Waals surface area (Å²) in [6.45, 7) is 1.42. The fraction of sp³-hybridized carbons (Fsp3) is 0.400. The minimum atomic E-state index is 0.231. The maximum Gasteiger partial charge on any atom is 0.0776 e. The number of benzene rings is 1. The number of ether oxygens (including phenoxy) is 1. The number of nitrogens with two attached hydrogens (primary N) is 1. The first-order valence-corrected chi connectivity index (χ1v) is 6.78. The van der Waals surface area contributed by atoms with E-state index in [-0.39, 0.29) is 12.2 Å². The van der Waals surface area contributed by atoms with Crippen molar-refractivity contribution >= 4 is 0 Å². The van der Waals surface area contributed by atoms with Crippen LogP contribution in [0, 0.1) is 0 Å². The summed E-state index contributed by atoms with van der Waals surface area (Å²) in [6, 6.07) is 10.3. The van der Waals surface area contributed by atoms with Crippen molar-refractivity contribution in [1.29, 1.82) is 0 Å². The number of nitrogens with zero attached hydrogens (tertiary/aromatic N) is 2. The zero-order valence-corrected chi connectivity index (χ0v) is 10.9. The van der Waals surface area contributed by atoms with Crippen LogP contribution in [0.15, 0.2) is 42.7 Å². The third kappa shape index (κ3) is 2.85. The van der Waals surface area contributed by atoms with Crippen LogP contribution in [0.5, 0.6) is 0 Å². The van der Waals surface area contributed by atoms with Gasteiger partial charge in [0.2, 0.25) is 0 Å². The highest BCUT2D eigenvalue weighted by atomic mass is 16.5. The monoisotopic (exact) mass is 257 g/mol. The molecule has 0 saturated carbocycles. The molecule has 2 aromatic rings. The zero-order chi connectivity index (χ0) is 13.1. The standard InChI is InChI=1S/C15H19N3O/c16-8-14-6-7-15(19-14)11-18-10-13(9-17-18)12-4-2-1-3-5-12/h1-5,9-10,14-15H,6-8,11,16H2. The topological polar surface area (TPSA) is 53.1 Å². The fourth-order valence-corrected chi connectivity index (χ4v) is 2.54. The number of hydrogen-bond acceptors (Lipinski definition) is 3. The first kappa shape index (κ1) is 12.4. The fourth-order valence-electron chi connectivity index (χ4n) is 2.54. The van der Waals surface area contributed by atoms with E-state index >= 15 is 0 Å². The molecule has 0 radical (unpaired) electrons. The third-order valence-electron chi connectivity index (χ3n) is 3.59. The molecule has 2 N–H and O–H groups in total. The molecule has 3 rings (SSSR count). The van der Waals surface area contributed by atoms with Gasteiger partial charge in [-0.1, -0.05) is 30.3 Å². The summed E-state index contributed by atoms with van der Waals surface area (Å²) in [4.78, 5) is 0. The Morgan fingerprint density at radius 2 is 1.95 bits per heavy atom. The van der Waals surface area contributed by atoms with Gasteiger partial charge in [0.15, 0.2) is 0 Å². The normalized spacial score (nSPS) is 22.8. The van der Waals surface area contributed by atoms with Crippen molar-refractivity contribution in [3.05, 3.63) is 42.7 Å². The van der Waals surface area contributed by atoms with Gasteiger partial charge in [-0.2, -0.15) is 5.10 Å². The van der Waals surface area contributed by atoms with E-state index < -0.39 is 0 Å². The number of aromatic nitrogens is 2. The van der Waals surface area contributed by atoms with E-state index in [2.05, 4.69) is 23.4 Å². The summed E-state index contributed by atoms with van der Waals surface area (Å²) in [7, 11) is 0. The van der Waals surface area contributed by atoms with E-state index in [1.807, 2.05) is 29.1 Å². The summed E-state index contributed by atoms with van der Waals surface area (Å²) in [5, 5.41) is 4.41. The second-order valence-electron chi connectivity index (χ2n) is 5.01. The first-order valence-electron chi connectivity index (χ1n) is 6.78. The van der Waals surface area contributed by atoms with Gasteiger partial charge in [0.25, 0.3) is 0 Å². The summed E-state index contributed by atoms with van der Waals surface area (Å²) >= 11 is 0. The molecule has 1 aromatic carbocycles. The highest BCUT2D eigenvalue weighted by Crippen LogP contribution is 2.22. The lowest BCUT2D eigenvalue weighted by Crippen LogP contribution is -2.22. The second kappa shape index (κ2) is 5.55. The third-order valence-corrected chi connectivity index (χ3v) is 3.59. The van der Waals surface area contributed by atoms with E-state index in [1.165, 1.54) is 5.56 Å². The molecule has 4 heteroatoms. The Morgan fingerprint density at radius 3 is 2.68 bits per heavy atom. The van der Waals surface area contributed by atoms with Gasteiger partial charge in [-0.25, -0.2) is 0 Å². The molecule has 0 amide bonds. The summed E-state index contributed by atoms with van der Waals surface area (Å²) in [5.74, 6) is 0. The quantitative estimate of drug-likeness (QED) is 0.912. The molecule has 4 nitrogen and oxygen atoms in total. The van der Waals surface area contributed by atoms with Gasteiger partial charge in [0.05, 0.1) is 24.9 Å². The van der Waals surface area contributed by atoms with Crippen molar-refractivity contribution in [2.45, 2.75) is 31.6 Å². The van der Waals surface area contributed by atoms with Crippen LogP contribution in [0.2, 0.25) is 0 Å². The average molecular weight is 257 g/mol. The van der Waals surface area contributed by atoms with Crippen LogP contribution in [0.4, 0.5) is 0 Å². The molecule has 1 saturated heterocycles. The van der Waals surface area contributed by atoms with Crippen molar-refractivity contribution in [2.24, 2.45) is 5.73 Å². The van der Waals surface area contributed by atoms with Gasteiger partial charge < -0.3 is 10.5 Å². The molecule has 1 fully saturated rings. The maximum atomic E-state index is 5.84. The smallest absolute Gasteiger partial charge is 0.0776 e. The van der Waals surface area contributed by atoms with Gasteiger partial charge in [-0.15, -0.1) is 0 Å². The molecule has 2 unspecified atom stereocenters. The van der Waals surface area contributed by atoms with Crippen molar-refractivity contribution < 1.29 is 4.74 Å². The average Bonchev–Trinajstić information content (AvgIpc) is 3.09. The number of rotatable bonds is 4. The molecular formula is C15H19N3O. The molecule has 100 valence electrons. The Morgan fingerprint density at radius 1 is 1.16 bits per heavy atom. The van der Waals surface area contributed by atoms with Gasteiger partial charge in [-0.3, -0.25) is 4.68 Å². The first-order chi connectivity index (χ1) is 9.35. The van der Waals surface area contributed by atoms with Crippen molar-refractivity contribution in [3.8, 4) is 11.1 Å². The Bertz CT molecular complexity index is 523. The lowest BCUT2D eigenvalue weighted by Gasteiger charge is -2.12. The molecule has 0 spiro atoms. The number of hydrogen-bond donors (Lipinski definition) is 1. The van der Waals surface area contributed by atoms with E-state index in [0.717, 1.165) is 24.9 Å². The van der Waals surface area contributed by atoms with Crippen LogP contribution < -0.4 is 5.73 Å². The van der Waals surface area contributed by atoms with Crippen LogP contribution >= 0.6 is 0 Å². The lowest BCUT2D eigenvalue weighted by molar-refractivity contribution is 0.0386. The SMILES string of the molecule is NCC1CCC(Cn2cc(-c3ccccc3)cn2)O1. The van der Waals surface area contributed by atoms with Crippen LogP contribution in [0.25, 0.3) is 11.1 Å². The largest absolute Gasteiger partial charge is 0.372 e. The van der Waals surface area contributed by atoms with Crippen LogP contribution in [0.3, 0.4) is 0 Å². The van der Waals surface area contributed by atoms with Gasteiger partial charge >= 0.3 is 0 Å². The van der Waals surface area contributed by atoms with Crippen LogP contribution in [-0.4, -0.2) is 28.5 Å². The van der Waals surface area contributed by atoms with Crippen molar-refractivity contribution in [2.75, 3.05) is 6.54 Å². The highest BCUT2D eigenvalue weighted by Gasteiger charge is 2.24. The van der Waals surface area contributed by atoms with Crippen LogP contribution in [-0.2, 0) is 11.3 Å². The van der Waals surface area contributed by atoms with Crippen molar-refractivity contribution in [3.63, 3.8) is 0 Å². The Hall–Kier alpha value is -1.65. The van der Waals surface area contributed by atoms with E-state index in [9.17, 15) is 0 Å². The molecule has 1 aromatic heterocycles. The summed E-state index contributed by atoms with van der Waals surface area (Å²) in [6.07, 6.45) is 6.60. The molecule has 0 aliphatic carbocycles. The molecule has 2 heterocycles. The molecule has 19 heavy (non-hydrogen) atoms. The highest BCUT2D eigenvalue weighted by molar-refractivity contribution is 5.61. The molecule has 1 aliphatic heterocycles. The van der Waals surface area contributed by atoms with Gasteiger partial charge in [-0.05, 0) is 18.4 Å². The molecule has 1 aliphatic rings. The molecule has 2 atom stereocenters. The maximum absolute atomic E-state index is 5.84. The van der Waals surface area contributed by atoms with E-state index in [1.54, 1.807) is 0 Å². The summed E-state index contributed by atoms with van der Waals surface area (Å²) in [5.41, 5.74) is 7.96. The molecule has 0 bridgehead atoms. The van der Waals surface area contributed by atoms with E-state index in [4.69, 9.17) is 10.5 Å². The van der Waals surface area contributed by atoms with Gasteiger partial charge in [0.1, 0.15) is 0 Å². The Labute approximate surface area is 113 Å². The van der Waals surface area contributed by atoms with E-state index in [0.29, 0.717) is 6.54 Å². The Balaban J connectivity index is 1.66. The van der Waals surface area contributed by atoms with Gasteiger partial charge in [0, 0.05) is 18.3 Å². The minimum Gasteiger partial charge on any atom is -0.372 e. The zero-order valence-electron chi connectivity index (χ0n) is 10.9. The Kier molecular flexibility index (Phi) is 3.62.